The maximum Gasteiger partial charge on any atom is 0.419 e. The van der Waals surface area contributed by atoms with Gasteiger partial charge in [0.1, 0.15) is 30.7 Å². The van der Waals surface area contributed by atoms with E-state index in [0.29, 0.717) is 28.8 Å². The third-order valence-corrected chi connectivity index (χ3v) is 15.4. The lowest BCUT2D eigenvalue weighted by atomic mass is 9.73. The quantitative estimate of drug-likeness (QED) is 0.173. The summed E-state index contributed by atoms with van der Waals surface area (Å²) in [6.45, 7) is 16.5. The van der Waals surface area contributed by atoms with Gasteiger partial charge in [-0.1, -0.05) is 57.0 Å². The first-order chi connectivity index (χ1) is 30.5. The molecule has 3 amide bonds. The maximum absolute atomic E-state index is 15.0. The molecule has 1 aliphatic carbocycles. The number of amides is 3. The average molecular weight is 955 g/mol. The van der Waals surface area contributed by atoms with Crippen molar-refractivity contribution in [1.82, 2.24) is 14.7 Å². The lowest BCUT2D eigenvalue weighted by Crippen LogP contribution is -2.61. The highest BCUT2D eigenvalue weighted by molar-refractivity contribution is 6.42. The maximum atomic E-state index is 15.0. The fourth-order valence-corrected chi connectivity index (χ4v) is 11.0. The number of halogens is 2. The molecular formula is C47H69Cl2N3O13. The molecular weight excluding hydrogens is 885 g/mol. The van der Waals surface area contributed by atoms with Gasteiger partial charge in [0.25, 0.3) is 0 Å². The molecule has 6 rings (SSSR count). The van der Waals surface area contributed by atoms with Crippen LogP contribution in [-0.4, -0.2) is 150 Å². The van der Waals surface area contributed by atoms with Gasteiger partial charge in [-0.2, -0.15) is 0 Å². The molecule has 16 nitrogen and oxygen atoms in total. The van der Waals surface area contributed by atoms with Crippen LogP contribution >= 0.6 is 23.2 Å². The SMILES string of the molecule is CC[C@H]1OC(=O)[C@H](C)[C@@H](OC(=O)N2C(=O)OC[C@@H]2C)[C@H](C)[C@@H](OC2O[C@H](C)C[C@H](N(C)CC3CC3)[C@H]2O)[C@@](C)(OC)C[C@@H](C)C(=O)[C@H](C)[C@H]2N(CCc3ccc(Cl)c(Cl)c3)C(=O)O[C@]12C. The Hall–Kier alpha value is -3.25. The van der Waals surface area contributed by atoms with E-state index in [-0.39, 0.29) is 43.9 Å². The fourth-order valence-electron chi connectivity index (χ4n) is 10.7. The van der Waals surface area contributed by atoms with E-state index in [9.17, 15) is 24.3 Å². The number of aliphatic hydroxyl groups excluding tert-OH is 1. The normalized spacial score (nSPS) is 38.5. The van der Waals surface area contributed by atoms with Gasteiger partial charge in [0.2, 0.25) is 0 Å². The highest BCUT2D eigenvalue weighted by Gasteiger charge is 2.61. The largest absolute Gasteiger partial charge is 0.458 e. The van der Waals surface area contributed by atoms with Crippen LogP contribution < -0.4 is 0 Å². The molecule has 0 bridgehead atoms. The number of ether oxygens (including phenoxy) is 7. The summed E-state index contributed by atoms with van der Waals surface area (Å²) in [6, 6.07) is 3.33. The number of esters is 1. The van der Waals surface area contributed by atoms with Crippen LogP contribution in [0, 0.1) is 29.6 Å². The second-order valence-electron chi connectivity index (χ2n) is 19.7. The van der Waals surface area contributed by atoms with E-state index < -0.39 is 102 Å². The first kappa shape index (κ1) is 51.1. The number of ketones is 1. The van der Waals surface area contributed by atoms with Crippen molar-refractivity contribution < 1.29 is 62.2 Å². The van der Waals surface area contributed by atoms with Gasteiger partial charge in [-0.15, -0.1) is 0 Å². The highest BCUT2D eigenvalue weighted by Crippen LogP contribution is 2.44. The molecule has 364 valence electrons. The Balaban J connectivity index is 1.42. The fraction of sp³-hybridized carbons (Fsp3) is 0.766. The van der Waals surface area contributed by atoms with E-state index in [1.807, 2.05) is 20.0 Å². The monoisotopic (exact) mass is 953 g/mol. The molecule has 4 heterocycles. The molecule has 1 unspecified atom stereocenters. The molecule has 0 aromatic heterocycles. The number of likely N-dealkylation sites (N-methyl/N-ethyl adjacent to an activating group) is 1. The number of fused-ring (bicyclic) bond motifs is 1. The number of nitrogens with zero attached hydrogens (tertiary/aromatic N) is 3. The number of benzene rings is 1. The van der Waals surface area contributed by atoms with Gasteiger partial charge in [-0.3, -0.25) is 14.5 Å². The van der Waals surface area contributed by atoms with Crippen molar-refractivity contribution >= 4 is 53.2 Å². The number of hydrogen-bond donors (Lipinski definition) is 1. The number of methoxy groups -OCH3 is 1. The number of Topliss-reactive ketones (excluding diaryl/α,β-unsaturated/α-hetero) is 1. The minimum atomic E-state index is -1.52. The van der Waals surface area contributed by atoms with Crippen molar-refractivity contribution in [1.29, 1.82) is 0 Å². The van der Waals surface area contributed by atoms with Crippen LogP contribution in [0.5, 0.6) is 0 Å². The topological polar surface area (TPSA) is 180 Å². The lowest BCUT2D eigenvalue weighted by Gasteiger charge is -2.48. The van der Waals surface area contributed by atoms with Crippen molar-refractivity contribution in [2.24, 2.45) is 29.6 Å². The minimum Gasteiger partial charge on any atom is -0.458 e. The summed E-state index contributed by atoms with van der Waals surface area (Å²) in [5, 5.41) is 12.8. The van der Waals surface area contributed by atoms with Gasteiger partial charge in [0.05, 0.1) is 45.9 Å². The zero-order valence-corrected chi connectivity index (χ0v) is 41.1. The van der Waals surface area contributed by atoms with E-state index in [4.69, 9.17) is 56.4 Å². The number of hydrogen-bond acceptors (Lipinski definition) is 14. The summed E-state index contributed by atoms with van der Waals surface area (Å²) in [7, 11) is 3.47. The third-order valence-electron chi connectivity index (χ3n) is 14.6. The van der Waals surface area contributed by atoms with E-state index in [0.717, 1.165) is 29.8 Å². The molecule has 4 aliphatic heterocycles. The van der Waals surface area contributed by atoms with Gasteiger partial charge < -0.3 is 43.2 Å². The molecule has 5 fully saturated rings. The standard InChI is InChI=1S/C47H69Cl2N3O13/c1-12-35-47(9)39(51(43(56)65-47)18-17-30-15-16-32(48)33(49)20-30)27(5)36(53)24(2)21-46(8,59-11)40(64-42-37(54)34(19-26(4)61-42)50(10)22-31-13-14-31)28(6)38(29(7)41(55)62-35)63-45(58)52-25(3)23-60-44(52)57/h15-16,20,24-29,31,34-35,37-40,42,54H,12-14,17-19,21-23H2,1-11H3/t24-,25+,26-,27+,28+,29-,34+,35-,37-,38+,39-,40-,42?,46+,47-/m1/s1. The molecule has 1 aromatic carbocycles. The predicted octanol–water partition coefficient (Wildman–Crippen LogP) is 7.30. The Morgan fingerprint density at radius 3 is 2.29 bits per heavy atom. The smallest absolute Gasteiger partial charge is 0.419 e. The van der Waals surface area contributed by atoms with Gasteiger partial charge in [0, 0.05) is 44.0 Å². The first-order valence-electron chi connectivity index (χ1n) is 23.1. The van der Waals surface area contributed by atoms with Crippen LogP contribution in [0.25, 0.3) is 0 Å². The number of cyclic esters (lactones) is 2. The zero-order chi connectivity index (χ0) is 47.9. The summed E-state index contributed by atoms with van der Waals surface area (Å²) in [5.41, 5.74) is -2.09. The van der Waals surface area contributed by atoms with Crippen molar-refractivity contribution in [3.63, 3.8) is 0 Å². The van der Waals surface area contributed by atoms with Crippen LogP contribution in [0.4, 0.5) is 14.4 Å². The Labute approximate surface area is 393 Å². The Bertz CT molecular complexity index is 1920. The van der Waals surface area contributed by atoms with Crippen LogP contribution in [0.3, 0.4) is 0 Å². The van der Waals surface area contributed by atoms with Crippen molar-refractivity contribution in [3.05, 3.63) is 33.8 Å². The van der Waals surface area contributed by atoms with Gasteiger partial charge in [0.15, 0.2) is 11.9 Å². The average Bonchev–Trinajstić information content (AvgIpc) is 3.95. The molecule has 1 N–H and O–H groups in total. The van der Waals surface area contributed by atoms with Crippen LogP contribution in [-0.2, 0) is 49.2 Å². The van der Waals surface area contributed by atoms with E-state index in [1.165, 1.54) is 12.0 Å². The molecule has 1 aromatic rings. The second-order valence-corrected chi connectivity index (χ2v) is 20.5. The molecule has 5 aliphatic rings. The Morgan fingerprint density at radius 2 is 1.69 bits per heavy atom. The summed E-state index contributed by atoms with van der Waals surface area (Å²) in [4.78, 5) is 75.2. The number of carbonyl (C=O) groups is 5. The van der Waals surface area contributed by atoms with Crippen molar-refractivity contribution in [3.8, 4) is 0 Å². The predicted molar refractivity (Wildman–Crippen MR) is 239 cm³/mol. The van der Waals surface area contributed by atoms with Crippen molar-refractivity contribution in [2.45, 2.75) is 167 Å². The lowest BCUT2D eigenvalue weighted by molar-refractivity contribution is -0.302. The van der Waals surface area contributed by atoms with E-state index in [2.05, 4.69) is 4.90 Å². The number of aliphatic hydroxyl groups is 1. The number of carbonyl (C=O) groups excluding carboxylic acids is 5. The van der Waals surface area contributed by atoms with Gasteiger partial charge >= 0.3 is 24.2 Å². The first-order valence-corrected chi connectivity index (χ1v) is 23.9. The molecule has 4 saturated heterocycles. The second kappa shape index (κ2) is 20.5. The summed E-state index contributed by atoms with van der Waals surface area (Å²) < 4.78 is 43.6. The van der Waals surface area contributed by atoms with E-state index >= 15 is 4.79 Å². The molecule has 15 atom stereocenters. The van der Waals surface area contributed by atoms with Crippen LogP contribution in [0.2, 0.25) is 10.0 Å². The van der Waals surface area contributed by atoms with Crippen molar-refractivity contribution in [2.75, 3.05) is 33.9 Å². The van der Waals surface area contributed by atoms with Crippen LogP contribution in [0.15, 0.2) is 18.2 Å². The number of imide groups is 1. The number of rotatable bonds is 11. The van der Waals surface area contributed by atoms with Crippen LogP contribution in [0.1, 0.15) is 100.0 Å². The molecule has 0 spiro atoms. The highest BCUT2D eigenvalue weighted by atomic mass is 35.5. The molecule has 65 heavy (non-hydrogen) atoms. The van der Waals surface area contributed by atoms with Gasteiger partial charge in [-0.25, -0.2) is 19.3 Å². The molecule has 1 saturated carbocycles. The zero-order valence-electron chi connectivity index (χ0n) is 39.6. The summed E-state index contributed by atoms with van der Waals surface area (Å²) >= 11 is 12.5. The molecule has 0 radical (unpaired) electrons. The summed E-state index contributed by atoms with van der Waals surface area (Å²) in [6.07, 6.45) is -5.38. The Kier molecular flexibility index (Phi) is 16.2. The Morgan fingerprint density at radius 1 is 1.00 bits per heavy atom. The van der Waals surface area contributed by atoms with E-state index in [1.54, 1.807) is 67.5 Å². The minimum absolute atomic E-state index is 0.0455. The summed E-state index contributed by atoms with van der Waals surface area (Å²) in [5.74, 6) is -4.19. The third kappa shape index (κ3) is 10.7. The molecule has 18 heteroatoms. The van der Waals surface area contributed by atoms with Gasteiger partial charge in [-0.05, 0) is 104 Å².